The van der Waals surface area contributed by atoms with Crippen LogP contribution in [0, 0.1) is 0 Å². The van der Waals surface area contributed by atoms with E-state index >= 15 is 0 Å². The molecule has 1 aliphatic rings. The lowest BCUT2D eigenvalue weighted by molar-refractivity contribution is 0.0162. The molecular weight excluding hydrogens is 390 g/mol. The van der Waals surface area contributed by atoms with Crippen LogP contribution in [0.5, 0.6) is 5.75 Å². The zero-order valence-corrected chi connectivity index (χ0v) is 17.0. The average Bonchev–Trinajstić information content (AvgIpc) is 3.25. The molecule has 2 heterocycles. The summed E-state index contributed by atoms with van der Waals surface area (Å²) in [7, 11) is 1.65. The van der Waals surface area contributed by atoms with Crippen molar-refractivity contribution in [2.75, 3.05) is 40.0 Å². The summed E-state index contributed by atoms with van der Waals surface area (Å²) >= 11 is 6.47. The number of morpholine rings is 1. The van der Waals surface area contributed by atoms with Crippen LogP contribution in [0.15, 0.2) is 48.7 Å². The quantitative estimate of drug-likeness (QED) is 0.647. The van der Waals surface area contributed by atoms with Crippen molar-refractivity contribution < 1.29 is 14.3 Å². The number of ether oxygens (including phenoxy) is 2. The molecule has 0 spiro atoms. The maximum atomic E-state index is 12.9. The largest absolute Gasteiger partial charge is 0.497 e. The van der Waals surface area contributed by atoms with Crippen LogP contribution < -0.4 is 10.1 Å². The molecule has 7 heteroatoms. The smallest absolute Gasteiger partial charge is 0.252 e. The third kappa shape index (κ3) is 4.24. The molecule has 1 fully saturated rings. The van der Waals surface area contributed by atoms with Gasteiger partial charge in [-0.25, -0.2) is 0 Å². The normalized spacial score (nSPS) is 15.9. The first-order valence-electron chi connectivity index (χ1n) is 9.67. The molecule has 0 bridgehead atoms. The lowest BCUT2D eigenvalue weighted by Gasteiger charge is -2.35. The summed E-state index contributed by atoms with van der Waals surface area (Å²) in [4.78, 5) is 18.3. The number of carbonyl (C=O) groups excluding carboxylic acids is 1. The molecule has 1 unspecified atom stereocenters. The number of nitrogens with zero attached hydrogens (tertiary/aromatic N) is 1. The lowest BCUT2D eigenvalue weighted by Crippen LogP contribution is -2.43. The van der Waals surface area contributed by atoms with Gasteiger partial charge in [-0.05, 0) is 35.9 Å². The Balaban J connectivity index is 1.53. The minimum atomic E-state index is -0.176. The molecule has 1 aliphatic heterocycles. The van der Waals surface area contributed by atoms with E-state index < -0.39 is 0 Å². The number of halogens is 1. The fourth-order valence-corrected chi connectivity index (χ4v) is 4.04. The Bertz CT molecular complexity index is 981. The number of hydrogen-bond acceptors (Lipinski definition) is 4. The van der Waals surface area contributed by atoms with E-state index in [-0.39, 0.29) is 11.9 Å². The number of carbonyl (C=O) groups is 1. The number of fused-ring (bicyclic) bond motifs is 1. The third-order valence-corrected chi connectivity index (χ3v) is 5.76. The molecule has 0 radical (unpaired) electrons. The highest BCUT2D eigenvalue weighted by atomic mass is 35.5. The Hall–Kier alpha value is -2.54. The highest BCUT2D eigenvalue weighted by Gasteiger charge is 2.24. The van der Waals surface area contributed by atoms with Crippen molar-refractivity contribution in [2.24, 2.45) is 0 Å². The van der Waals surface area contributed by atoms with Crippen LogP contribution in [0.2, 0.25) is 5.02 Å². The van der Waals surface area contributed by atoms with Gasteiger partial charge in [-0.15, -0.1) is 0 Å². The van der Waals surface area contributed by atoms with Gasteiger partial charge in [0.05, 0.1) is 37.0 Å². The van der Waals surface area contributed by atoms with Gasteiger partial charge < -0.3 is 19.8 Å². The molecule has 1 saturated heterocycles. The van der Waals surface area contributed by atoms with E-state index in [1.807, 2.05) is 42.6 Å². The van der Waals surface area contributed by atoms with E-state index in [1.165, 1.54) is 0 Å². The Kier molecular flexibility index (Phi) is 6.04. The number of rotatable bonds is 6. The van der Waals surface area contributed by atoms with Crippen LogP contribution in [0.1, 0.15) is 22.0 Å². The summed E-state index contributed by atoms with van der Waals surface area (Å²) in [5.41, 5.74) is 2.52. The second-order valence-electron chi connectivity index (χ2n) is 7.01. The number of amides is 1. The molecule has 2 N–H and O–H groups in total. The molecule has 1 aromatic heterocycles. The number of hydrogen-bond donors (Lipinski definition) is 2. The first-order chi connectivity index (χ1) is 14.2. The summed E-state index contributed by atoms with van der Waals surface area (Å²) in [6, 6.07) is 13.5. The fraction of sp³-hybridized carbons (Fsp3) is 0.318. The number of H-pyrrole nitrogens is 1. The van der Waals surface area contributed by atoms with Gasteiger partial charge in [0.1, 0.15) is 5.75 Å². The van der Waals surface area contributed by atoms with E-state index in [0.717, 1.165) is 35.3 Å². The van der Waals surface area contributed by atoms with Crippen molar-refractivity contribution in [1.29, 1.82) is 0 Å². The van der Waals surface area contributed by atoms with Crippen molar-refractivity contribution in [2.45, 2.75) is 6.04 Å². The Morgan fingerprint density at radius 3 is 2.69 bits per heavy atom. The first kappa shape index (κ1) is 19.8. The zero-order chi connectivity index (χ0) is 20.2. The lowest BCUT2D eigenvalue weighted by atomic mass is 10.0. The average molecular weight is 414 g/mol. The molecule has 6 nitrogen and oxygen atoms in total. The molecule has 1 amide bonds. The monoisotopic (exact) mass is 413 g/mol. The van der Waals surface area contributed by atoms with Crippen LogP contribution in [0.4, 0.5) is 0 Å². The van der Waals surface area contributed by atoms with Crippen molar-refractivity contribution in [3.63, 3.8) is 0 Å². The van der Waals surface area contributed by atoms with Crippen molar-refractivity contribution in [3.05, 3.63) is 64.8 Å². The molecule has 1 atom stereocenters. The Morgan fingerprint density at radius 2 is 1.97 bits per heavy atom. The molecule has 0 saturated carbocycles. The minimum Gasteiger partial charge on any atom is -0.497 e. The minimum absolute atomic E-state index is 0.0449. The van der Waals surface area contributed by atoms with Crippen LogP contribution in [0.3, 0.4) is 0 Å². The summed E-state index contributed by atoms with van der Waals surface area (Å²) < 4.78 is 10.8. The van der Waals surface area contributed by atoms with E-state index in [2.05, 4.69) is 15.2 Å². The highest BCUT2D eigenvalue weighted by Crippen LogP contribution is 2.27. The first-order valence-corrected chi connectivity index (χ1v) is 10.0. The van der Waals surface area contributed by atoms with Crippen LogP contribution in [-0.4, -0.2) is 55.7 Å². The van der Waals surface area contributed by atoms with E-state index in [0.29, 0.717) is 30.3 Å². The topological polar surface area (TPSA) is 66.6 Å². The molecule has 29 heavy (non-hydrogen) atoms. The second kappa shape index (κ2) is 8.86. The number of benzene rings is 2. The van der Waals surface area contributed by atoms with Crippen molar-refractivity contribution >= 4 is 28.4 Å². The van der Waals surface area contributed by atoms with E-state index in [9.17, 15) is 4.79 Å². The molecule has 2 aromatic carbocycles. The maximum absolute atomic E-state index is 12.9. The van der Waals surface area contributed by atoms with E-state index in [4.69, 9.17) is 21.1 Å². The zero-order valence-electron chi connectivity index (χ0n) is 16.3. The van der Waals surface area contributed by atoms with Gasteiger partial charge in [0.2, 0.25) is 0 Å². The van der Waals surface area contributed by atoms with Crippen LogP contribution in [-0.2, 0) is 4.74 Å². The predicted octanol–water partition coefficient (Wildman–Crippen LogP) is 3.63. The van der Waals surface area contributed by atoms with Crippen LogP contribution in [0.25, 0.3) is 10.9 Å². The van der Waals surface area contributed by atoms with Crippen molar-refractivity contribution in [3.8, 4) is 5.75 Å². The van der Waals surface area contributed by atoms with Gasteiger partial charge in [-0.1, -0.05) is 23.7 Å². The third-order valence-electron chi connectivity index (χ3n) is 5.36. The van der Waals surface area contributed by atoms with Gasteiger partial charge in [0.25, 0.3) is 5.91 Å². The number of nitrogens with one attached hydrogen (secondary N) is 2. The summed E-state index contributed by atoms with van der Waals surface area (Å²) in [5, 5.41) is 4.39. The number of methoxy groups -OCH3 is 1. The number of aromatic nitrogens is 1. The van der Waals surface area contributed by atoms with Crippen molar-refractivity contribution in [1.82, 2.24) is 15.2 Å². The molecular formula is C22H24ClN3O3. The molecule has 4 rings (SSSR count). The standard InChI is InChI=1S/C22H24ClN3O3/c1-28-16-4-2-15(3-5-16)20(26-10-12-29-13-11-26)14-25-22(27)18-6-7-19-17(21(18)23)8-9-24-19/h2-9,20,24H,10-14H2,1H3,(H,25,27). The van der Waals surface area contributed by atoms with E-state index in [1.54, 1.807) is 13.2 Å². The highest BCUT2D eigenvalue weighted by molar-refractivity contribution is 6.38. The molecule has 152 valence electrons. The SMILES string of the molecule is COc1ccc(C(CNC(=O)c2ccc3[nH]ccc3c2Cl)N2CCOCC2)cc1. The van der Waals surface area contributed by atoms with Gasteiger partial charge in [0, 0.05) is 36.7 Å². The Labute approximate surface area is 174 Å². The molecule has 0 aliphatic carbocycles. The maximum Gasteiger partial charge on any atom is 0.252 e. The molecule has 3 aromatic rings. The summed E-state index contributed by atoms with van der Waals surface area (Å²) in [6.07, 6.45) is 1.82. The van der Waals surface area contributed by atoms with Gasteiger partial charge in [-0.2, -0.15) is 0 Å². The fourth-order valence-electron chi connectivity index (χ4n) is 3.73. The van der Waals surface area contributed by atoms with Gasteiger partial charge >= 0.3 is 0 Å². The second-order valence-corrected chi connectivity index (χ2v) is 7.39. The summed E-state index contributed by atoms with van der Waals surface area (Å²) in [6.45, 7) is 3.51. The summed E-state index contributed by atoms with van der Waals surface area (Å²) in [5.74, 6) is 0.634. The van der Waals surface area contributed by atoms with Gasteiger partial charge in [-0.3, -0.25) is 9.69 Å². The van der Waals surface area contributed by atoms with Crippen LogP contribution >= 0.6 is 11.6 Å². The van der Waals surface area contributed by atoms with Gasteiger partial charge in [0.15, 0.2) is 0 Å². The number of aromatic amines is 1. The predicted molar refractivity (Wildman–Crippen MR) is 114 cm³/mol. The Morgan fingerprint density at radius 1 is 1.21 bits per heavy atom.